The molecule has 1 saturated heterocycles. The van der Waals surface area contributed by atoms with E-state index in [2.05, 4.69) is 4.98 Å². The number of benzene rings is 1. The molecule has 4 nitrogen and oxygen atoms in total. The van der Waals surface area contributed by atoms with Crippen LogP contribution in [0.4, 0.5) is 13.2 Å². The number of hydrogen-bond acceptors (Lipinski definition) is 2. The molecule has 0 radical (unpaired) electrons. The van der Waals surface area contributed by atoms with Crippen LogP contribution in [0, 0.1) is 0 Å². The predicted octanol–water partition coefficient (Wildman–Crippen LogP) is 2.70. The van der Waals surface area contributed by atoms with Gasteiger partial charge in [-0.25, -0.2) is 4.79 Å². The molecule has 1 N–H and O–H groups in total. The van der Waals surface area contributed by atoms with Crippen molar-refractivity contribution in [1.29, 1.82) is 0 Å². The Labute approximate surface area is 112 Å². The van der Waals surface area contributed by atoms with E-state index in [0.29, 0.717) is 26.1 Å². The topological polar surface area (TPSA) is 47.0 Å². The highest BCUT2D eigenvalue weighted by molar-refractivity contribution is 5.79. The van der Waals surface area contributed by atoms with Gasteiger partial charge in [-0.2, -0.15) is 13.2 Å². The Kier molecular flexibility index (Phi) is 3.08. The van der Waals surface area contributed by atoms with Crippen LogP contribution in [0.5, 0.6) is 0 Å². The Balaban J connectivity index is 2.25. The molecule has 0 atom stereocenters. The Bertz CT molecular complexity index is 681. The lowest BCUT2D eigenvalue weighted by atomic mass is 10.1. The van der Waals surface area contributed by atoms with Crippen LogP contribution in [0.3, 0.4) is 0 Å². The molecule has 1 aliphatic heterocycles. The maximum Gasteiger partial charge on any atom is 0.418 e. The van der Waals surface area contributed by atoms with E-state index in [4.69, 9.17) is 4.74 Å². The zero-order valence-electron chi connectivity index (χ0n) is 10.5. The fraction of sp³-hybridized carbons (Fsp3) is 0.462. The van der Waals surface area contributed by atoms with Gasteiger partial charge in [0, 0.05) is 19.3 Å². The maximum absolute atomic E-state index is 13.1. The van der Waals surface area contributed by atoms with Crippen molar-refractivity contribution in [1.82, 2.24) is 9.55 Å². The van der Waals surface area contributed by atoms with Gasteiger partial charge in [0.25, 0.3) is 0 Å². The second-order valence-corrected chi connectivity index (χ2v) is 4.84. The SMILES string of the molecule is O=c1[nH]c2cccc(C(F)(F)F)c2n1C1CCOCC1. The normalized spacial score (nSPS) is 17.8. The molecule has 108 valence electrons. The van der Waals surface area contributed by atoms with Crippen LogP contribution >= 0.6 is 0 Å². The van der Waals surface area contributed by atoms with Gasteiger partial charge >= 0.3 is 11.9 Å². The Morgan fingerprint density at radius 2 is 1.95 bits per heavy atom. The van der Waals surface area contributed by atoms with Gasteiger partial charge in [0.15, 0.2) is 0 Å². The van der Waals surface area contributed by atoms with Crippen LogP contribution in [0.25, 0.3) is 11.0 Å². The summed E-state index contributed by atoms with van der Waals surface area (Å²) in [4.78, 5) is 14.5. The summed E-state index contributed by atoms with van der Waals surface area (Å²) in [5.74, 6) is 0. The molecule has 1 aliphatic rings. The first-order valence-electron chi connectivity index (χ1n) is 6.36. The van der Waals surface area contributed by atoms with Crippen molar-refractivity contribution in [2.24, 2.45) is 0 Å². The molecule has 1 aromatic heterocycles. The standard InChI is InChI=1S/C13H13F3N2O2/c14-13(15,16)9-2-1-3-10-11(9)18(12(19)17-10)8-4-6-20-7-5-8/h1-3,8H,4-7H2,(H,17,19). The quantitative estimate of drug-likeness (QED) is 0.876. The van der Waals surface area contributed by atoms with Crippen LogP contribution in [0.15, 0.2) is 23.0 Å². The number of aromatic nitrogens is 2. The first kappa shape index (κ1) is 13.2. The van der Waals surface area contributed by atoms with Crippen molar-refractivity contribution < 1.29 is 17.9 Å². The van der Waals surface area contributed by atoms with Crippen molar-refractivity contribution in [3.8, 4) is 0 Å². The lowest BCUT2D eigenvalue weighted by Gasteiger charge is -2.24. The van der Waals surface area contributed by atoms with E-state index >= 15 is 0 Å². The summed E-state index contributed by atoms with van der Waals surface area (Å²) in [6.07, 6.45) is -3.40. The average molecular weight is 286 g/mol. The molecule has 2 aromatic rings. The van der Waals surface area contributed by atoms with Crippen LogP contribution in [-0.2, 0) is 10.9 Å². The van der Waals surface area contributed by atoms with Crippen LogP contribution in [0.2, 0.25) is 0 Å². The van der Waals surface area contributed by atoms with Crippen molar-refractivity contribution in [3.05, 3.63) is 34.2 Å². The summed E-state index contributed by atoms with van der Waals surface area (Å²) in [5.41, 5.74) is -1.11. The minimum absolute atomic E-state index is 0.0584. The van der Waals surface area contributed by atoms with E-state index in [1.807, 2.05) is 0 Å². The molecule has 7 heteroatoms. The van der Waals surface area contributed by atoms with E-state index < -0.39 is 17.4 Å². The lowest BCUT2D eigenvalue weighted by Crippen LogP contribution is -2.28. The second-order valence-electron chi connectivity index (χ2n) is 4.84. The summed E-state index contributed by atoms with van der Waals surface area (Å²) < 4.78 is 45.8. The minimum atomic E-state index is -4.49. The van der Waals surface area contributed by atoms with E-state index in [1.54, 1.807) is 0 Å². The largest absolute Gasteiger partial charge is 0.418 e. The van der Waals surface area contributed by atoms with Crippen LogP contribution in [0.1, 0.15) is 24.4 Å². The number of H-pyrrole nitrogens is 1. The second kappa shape index (κ2) is 4.66. The molecule has 1 fully saturated rings. The number of halogens is 3. The number of alkyl halides is 3. The van der Waals surface area contributed by atoms with Crippen molar-refractivity contribution in [2.75, 3.05) is 13.2 Å². The molecule has 20 heavy (non-hydrogen) atoms. The number of aromatic amines is 1. The Morgan fingerprint density at radius 3 is 2.60 bits per heavy atom. The van der Waals surface area contributed by atoms with Gasteiger partial charge in [-0.3, -0.25) is 4.57 Å². The third-order valence-electron chi connectivity index (χ3n) is 3.60. The minimum Gasteiger partial charge on any atom is -0.381 e. The Morgan fingerprint density at radius 1 is 1.25 bits per heavy atom. The highest BCUT2D eigenvalue weighted by Gasteiger charge is 2.35. The number of imidazole rings is 1. The summed E-state index contributed by atoms with van der Waals surface area (Å²) in [6, 6.07) is 3.54. The number of nitrogens with one attached hydrogen (secondary N) is 1. The number of hydrogen-bond donors (Lipinski definition) is 1. The van der Waals surface area contributed by atoms with E-state index in [1.165, 1.54) is 16.7 Å². The summed E-state index contributed by atoms with van der Waals surface area (Å²) >= 11 is 0. The van der Waals surface area contributed by atoms with Gasteiger partial charge in [0.1, 0.15) is 0 Å². The molecule has 0 amide bonds. The third-order valence-corrected chi connectivity index (χ3v) is 3.60. The van der Waals surface area contributed by atoms with Gasteiger partial charge in [-0.1, -0.05) is 6.07 Å². The summed E-state index contributed by atoms with van der Waals surface area (Å²) in [6.45, 7) is 0.913. The molecule has 0 saturated carbocycles. The number of rotatable bonds is 1. The Hall–Kier alpha value is -1.76. The highest BCUT2D eigenvalue weighted by atomic mass is 19.4. The van der Waals surface area contributed by atoms with Crippen molar-refractivity contribution >= 4 is 11.0 Å². The zero-order chi connectivity index (χ0) is 14.3. The van der Waals surface area contributed by atoms with Gasteiger partial charge in [-0.15, -0.1) is 0 Å². The molecule has 0 aliphatic carbocycles. The number of fused-ring (bicyclic) bond motifs is 1. The zero-order valence-corrected chi connectivity index (χ0v) is 10.5. The van der Waals surface area contributed by atoms with Gasteiger partial charge in [0.2, 0.25) is 0 Å². The summed E-state index contributed by atoms with van der Waals surface area (Å²) in [7, 11) is 0. The van der Waals surface area contributed by atoms with E-state index in [-0.39, 0.29) is 17.1 Å². The number of nitrogens with zero attached hydrogens (tertiary/aromatic N) is 1. The monoisotopic (exact) mass is 286 g/mol. The van der Waals surface area contributed by atoms with Gasteiger partial charge < -0.3 is 9.72 Å². The first-order chi connectivity index (χ1) is 9.48. The third kappa shape index (κ3) is 2.11. The van der Waals surface area contributed by atoms with E-state index in [9.17, 15) is 18.0 Å². The number of ether oxygens (including phenoxy) is 1. The maximum atomic E-state index is 13.1. The fourth-order valence-electron chi connectivity index (χ4n) is 2.70. The number of para-hydroxylation sites is 1. The molecule has 1 aromatic carbocycles. The summed E-state index contributed by atoms with van der Waals surface area (Å²) in [5, 5.41) is 0. The molecular weight excluding hydrogens is 273 g/mol. The van der Waals surface area contributed by atoms with E-state index in [0.717, 1.165) is 6.07 Å². The molecular formula is C13H13F3N2O2. The smallest absolute Gasteiger partial charge is 0.381 e. The van der Waals surface area contributed by atoms with Crippen molar-refractivity contribution in [3.63, 3.8) is 0 Å². The molecule has 0 bridgehead atoms. The highest BCUT2D eigenvalue weighted by Crippen LogP contribution is 2.35. The molecule has 3 rings (SSSR count). The fourth-order valence-corrected chi connectivity index (χ4v) is 2.70. The van der Waals surface area contributed by atoms with Gasteiger partial charge in [0.05, 0.1) is 16.6 Å². The van der Waals surface area contributed by atoms with Crippen molar-refractivity contribution in [2.45, 2.75) is 25.1 Å². The van der Waals surface area contributed by atoms with Crippen LogP contribution < -0.4 is 5.69 Å². The lowest BCUT2D eigenvalue weighted by molar-refractivity contribution is -0.136. The predicted molar refractivity (Wildman–Crippen MR) is 66.7 cm³/mol. The molecule has 2 heterocycles. The first-order valence-corrected chi connectivity index (χ1v) is 6.36. The van der Waals surface area contributed by atoms with Crippen LogP contribution in [-0.4, -0.2) is 22.8 Å². The van der Waals surface area contributed by atoms with Gasteiger partial charge in [-0.05, 0) is 25.0 Å². The molecule has 0 spiro atoms. The average Bonchev–Trinajstić information content (AvgIpc) is 2.74. The molecule has 0 unspecified atom stereocenters.